The molecule has 0 aliphatic heterocycles. The van der Waals surface area contributed by atoms with Crippen LogP contribution in [0.3, 0.4) is 0 Å². The van der Waals surface area contributed by atoms with Crippen molar-refractivity contribution in [3.8, 4) is 5.75 Å². The van der Waals surface area contributed by atoms with Crippen LogP contribution in [0.15, 0.2) is 54.6 Å². The summed E-state index contributed by atoms with van der Waals surface area (Å²) in [6.07, 6.45) is 7.01. The normalized spacial score (nSPS) is 15.4. The maximum atomic E-state index is 13.1. The first-order chi connectivity index (χ1) is 13.3. The zero-order valence-electron chi connectivity index (χ0n) is 16.4. The summed E-state index contributed by atoms with van der Waals surface area (Å²) in [5.74, 6) is 1.17. The van der Waals surface area contributed by atoms with Gasteiger partial charge in [-0.25, -0.2) is 0 Å². The van der Waals surface area contributed by atoms with E-state index in [-0.39, 0.29) is 11.3 Å². The molecule has 0 aromatic heterocycles. The molecule has 27 heavy (non-hydrogen) atoms. The summed E-state index contributed by atoms with van der Waals surface area (Å²) in [5.41, 5.74) is 2.06. The van der Waals surface area contributed by atoms with Crippen molar-refractivity contribution in [2.45, 2.75) is 57.3 Å². The van der Waals surface area contributed by atoms with Gasteiger partial charge in [-0.15, -0.1) is 0 Å². The monoisotopic (exact) mass is 365 g/mol. The maximum absolute atomic E-state index is 13.1. The van der Waals surface area contributed by atoms with Crippen LogP contribution in [0.25, 0.3) is 0 Å². The number of benzene rings is 2. The van der Waals surface area contributed by atoms with Gasteiger partial charge in [-0.05, 0) is 49.3 Å². The number of para-hydroxylation sites is 1. The lowest BCUT2D eigenvalue weighted by molar-refractivity contribution is -0.126. The molecule has 0 unspecified atom stereocenters. The van der Waals surface area contributed by atoms with Crippen LogP contribution in [0, 0.1) is 0 Å². The first kappa shape index (κ1) is 19.5. The highest BCUT2D eigenvalue weighted by Gasteiger charge is 2.42. The molecule has 0 saturated heterocycles. The Kier molecular flexibility index (Phi) is 6.92. The molecule has 0 bridgehead atoms. The summed E-state index contributed by atoms with van der Waals surface area (Å²) in [6, 6.07) is 18.5. The molecule has 0 heterocycles. The van der Waals surface area contributed by atoms with Gasteiger partial charge in [0.1, 0.15) is 5.75 Å². The molecular formula is C24H31NO2. The number of hydrogen-bond acceptors (Lipinski definition) is 2. The Balaban J connectivity index is 1.55. The first-order valence-corrected chi connectivity index (χ1v) is 10.3. The second-order valence-electron chi connectivity index (χ2n) is 7.47. The Labute approximate surface area is 163 Å². The van der Waals surface area contributed by atoms with Gasteiger partial charge in [0.2, 0.25) is 5.91 Å². The third kappa shape index (κ3) is 4.71. The zero-order valence-corrected chi connectivity index (χ0v) is 16.4. The molecule has 0 atom stereocenters. The van der Waals surface area contributed by atoms with E-state index >= 15 is 0 Å². The maximum Gasteiger partial charge on any atom is 0.230 e. The van der Waals surface area contributed by atoms with Crippen LogP contribution in [-0.2, 0) is 16.6 Å². The number of ether oxygens (including phenoxy) is 1. The third-order valence-electron chi connectivity index (χ3n) is 5.56. The molecule has 1 aliphatic rings. The van der Waals surface area contributed by atoms with Crippen molar-refractivity contribution in [3.05, 3.63) is 65.7 Å². The molecule has 1 N–H and O–H groups in total. The van der Waals surface area contributed by atoms with Crippen LogP contribution in [0.5, 0.6) is 5.75 Å². The number of rotatable bonds is 9. The highest BCUT2D eigenvalue weighted by atomic mass is 16.5. The van der Waals surface area contributed by atoms with Crippen LogP contribution < -0.4 is 10.1 Å². The first-order valence-electron chi connectivity index (χ1n) is 10.3. The van der Waals surface area contributed by atoms with Crippen molar-refractivity contribution in [1.29, 1.82) is 0 Å². The summed E-state index contributed by atoms with van der Waals surface area (Å²) < 4.78 is 5.83. The molecule has 0 spiro atoms. The van der Waals surface area contributed by atoms with E-state index in [1.165, 1.54) is 11.1 Å². The molecule has 144 valence electrons. The molecule has 1 aliphatic carbocycles. The molecule has 3 heteroatoms. The van der Waals surface area contributed by atoms with Gasteiger partial charge in [0.05, 0.1) is 12.0 Å². The van der Waals surface area contributed by atoms with Crippen LogP contribution in [0.1, 0.15) is 56.6 Å². The molecule has 2 aromatic rings. The number of amides is 1. The summed E-state index contributed by atoms with van der Waals surface area (Å²) in [5, 5.41) is 3.22. The second-order valence-corrected chi connectivity index (χ2v) is 7.47. The Morgan fingerprint density at radius 2 is 1.74 bits per heavy atom. The number of aryl methyl sites for hydroxylation is 1. The Bertz CT molecular complexity index is 720. The summed E-state index contributed by atoms with van der Waals surface area (Å²) in [7, 11) is 0. The minimum absolute atomic E-state index is 0.196. The SMILES string of the molecule is CCCOc1ccccc1CCCNC(=O)C1(c2ccccc2)CCCC1. The molecule has 1 fully saturated rings. The molecule has 1 saturated carbocycles. The largest absolute Gasteiger partial charge is 0.493 e. The fraction of sp³-hybridized carbons (Fsp3) is 0.458. The number of hydrogen-bond donors (Lipinski definition) is 1. The Morgan fingerprint density at radius 1 is 1.04 bits per heavy atom. The zero-order chi connectivity index (χ0) is 19.0. The van der Waals surface area contributed by atoms with E-state index < -0.39 is 0 Å². The minimum atomic E-state index is -0.330. The van der Waals surface area contributed by atoms with Crippen molar-refractivity contribution >= 4 is 5.91 Å². The van der Waals surface area contributed by atoms with E-state index in [1.54, 1.807) is 0 Å². The fourth-order valence-corrected chi connectivity index (χ4v) is 4.10. The van der Waals surface area contributed by atoms with Gasteiger partial charge in [-0.2, -0.15) is 0 Å². The number of nitrogens with one attached hydrogen (secondary N) is 1. The molecule has 3 rings (SSSR count). The van der Waals surface area contributed by atoms with E-state index in [4.69, 9.17) is 4.74 Å². The van der Waals surface area contributed by atoms with Crippen molar-refractivity contribution in [2.24, 2.45) is 0 Å². The minimum Gasteiger partial charge on any atom is -0.493 e. The van der Waals surface area contributed by atoms with Gasteiger partial charge in [-0.1, -0.05) is 68.3 Å². The topological polar surface area (TPSA) is 38.3 Å². The van der Waals surface area contributed by atoms with Gasteiger partial charge >= 0.3 is 0 Å². The quantitative estimate of drug-likeness (QED) is 0.633. The number of carbonyl (C=O) groups excluding carboxylic acids is 1. The van der Waals surface area contributed by atoms with Crippen LogP contribution in [0.4, 0.5) is 0 Å². The van der Waals surface area contributed by atoms with Gasteiger partial charge in [0.15, 0.2) is 0 Å². The fourth-order valence-electron chi connectivity index (χ4n) is 4.10. The molecule has 0 radical (unpaired) electrons. The Morgan fingerprint density at radius 3 is 2.48 bits per heavy atom. The summed E-state index contributed by atoms with van der Waals surface area (Å²) in [6.45, 7) is 3.56. The molecule has 1 amide bonds. The summed E-state index contributed by atoms with van der Waals surface area (Å²) >= 11 is 0. The van der Waals surface area contributed by atoms with E-state index in [1.807, 2.05) is 30.3 Å². The highest BCUT2D eigenvalue weighted by molar-refractivity contribution is 5.88. The average molecular weight is 366 g/mol. The lowest BCUT2D eigenvalue weighted by Gasteiger charge is -2.28. The predicted octanol–water partition coefficient (Wildman–Crippen LogP) is 5.04. The molecular weight excluding hydrogens is 334 g/mol. The van der Waals surface area contributed by atoms with Gasteiger partial charge in [-0.3, -0.25) is 4.79 Å². The Hall–Kier alpha value is -2.29. The average Bonchev–Trinajstić information content (AvgIpc) is 3.22. The van der Waals surface area contributed by atoms with Gasteiger partial charge < -0.3 is 10.1 Å². The van der Waals surface area contributed by atoms with Gasteiger partial charge in [0, 0.05) is 6.54 Å². The lowest BCUT2D eigenvalue weighted by Crippen LogP contribution is -2.43. The molecule has 2 aromatic carbocycles. The number of carbonyl (C=O) groups is 1. The van der Waals surface area contributed by atoms with Crippen molar-refractivity contribution in [2.75, 3.05) is 13.2 Å². The van der Waals surface area contributed by atoms with E-state index in [9.17, 15) is 4.79 Å². The van der Waals surface area contributed by atoms with E-state index in [0.29, 0.717) is 6.54 Å². The van der Waals surface area contributed by atoms with Crippen LogP contribution in [0.2, 0.25) is 0 Å². The van der Waals surface area contributed by atoms with E-state index in [2.05, 4.69) is 36.5 Å². The predicted molar refractivity (Wildman–Crippen MR) is 110 cm³/mol. The van der Waals surface area contributed by atoms with Gasteiger partial charge in [0.25, 0.3) is 0 Å². The second kappa shape index (κ2) is 9.59. The summed E-state index contributed by atoms with van der Waals surface area (Å²) in [4.78, 5) is 13.1. The smallest absolute Gasteiger partial charge is 0.230 e. The van der Waals surface area contributed by atoms with Crippen LogP contribution in [-0.4, -0.2) is 19.1 Å². The lowest BCUT2D eigenvalue weighted by atomic mass is 9.78. The van der Waals surface area contributed by atoms with Crippen LogP contribution >= 0.6 is 0 Å². The van der Waals surface area contributed by atoms with Crippen molar-refractivity contribution < 1.29 is 9.53 Å². The van der Waals surface area contributed by atoms with Crippen molar-refractivity contribution in [3.63, 3.8) is 0 Å². The third-order valence-corrected chi connectivity index (χ3v) is 5.56. The highest BCUT2D eigenvalue weighted by Crippen LogP contribution is 2.41. The van der Waals surface area contributed by atoms with E-state index in [0.717, 1.165) is 57.3 Å². The standard InChI is InChI=1S/C24H31NO2/c1-2-19-27-22-15-7-6-11-20(22)12-10-18-25-23(26)24(16-8-9-17-24)21-13-4-3-5-14-21/h3-7,11,13-15H,2,8-10,12,16-19H2,1H3,(H,25,26). The van der Waals surface area contributed by atoms with Crippen molar-refractivity contribution in [1.82, 2.24) is 5.32 Å². The molecule has 3 nitrogen and oxygen atoms in total.